The van der Waals surface area contributed by atoms with Crippen LogP contribution in [0.1, 0.15) is 212 Å². The summed E-state index contributed by atoms with van der Waals surface area (Å²) in [6.45, 7) is 23.7. The van der Waals surface area contributed by atoms with Crippen molar-refractivity contribution in [1.82, 2.24) is 60.5 Å². The number of likely N-dealkylation sites (N-methyl/N-ethyl adjacent to an activating group) is 5. The molecule has 4 aliphatic heterocycles. The molecule has 0 radical (unpaired) electrons. The number of ether oxygens (including phenoxy) is 1. The summed E-state index contributed by atoms with van der Waals surface area (Å²) in [6.07, 6.45) is 5.77. The SMILES string of the molecule is CC(C)C[C@@H]1NC(=O)[C@@H]2CCCCN2C(=O)[C@H](CC2CCCCC2)NC(=O)[C@H](C(C)C)N(C)C(=O)[C@H](CC(C)C)N(C)C(=O)[C@H]([C@@H](C)O)NC(=O)[C@H](CC(C)C)N(C)C(=O)[C@@H]2C[C@@H](OCCO)CN2C(=O)[C@H](CC(C)C)N(C)C(=O)[C@@H](CC(C)C)N(C)C(=O)C[C@@H](C(=O)N2CCCCC2)NC1=O. The van der Waals surface area contributed by atoms with Gasteiger partial charge in [0, 0.05) is 67.8 Å². The van der Waals surface area contributed by atoms with Crippen LogP contribution in [0.25, 0.3) is 0 Å². The Morgan fingerprint density at radius 1 is 0.471 bits per heavy atom. The first-order valence-electron chi connectivity index (χ1n) is 38.3. The van der Waals surface area contributed by atoms with E-state index in [1.807, 2.05) is 69.2 Å². The van der Waals surface area contributed by atoms with Gasteiger partial charge in [0.25, 0.3) is 0 Å². The molecule has 5 aliphatic rings. The topological polar surface area (TPSA) is 329 Å². The van der Waals surface area contributed by atoms with Gasteiger partial charge in [-0.3, -0.25) is 57.5 Å². The molecule has 0 unspecified atom stereocenters. The van der Waals surface area contributed by atoms with Gasteiger partial charge in [0.05, 0.1) is 31.8 Å². The Kier molecular flexibility index (Phi) is 33.9. The van der Waals surface area contributed by atoms with Crippen molar-refractivity contribution in [2.24, 2.45) is 41.4 Å². The molecule has 12 amide bonds. The Morgan fingerprint density at radius 2 is 0.961 bits per heavy atom. The molecule has 102 heavy (non-hydrogen) atoms. The van der Waals surface area contributed by atoms with Gasteiger partial charge in [-0.2, -0.15) is 0 Å². The third kappa shape index (κ3) is 23.5. The maximum atomic E-state index is 15.6. The zero-order chi connectivity index (χ0) is 76.3. The van der Waals surface area contributed by atoms with E-state index in [1.165, 1.54) is 71.6 Å². The Morgan fingerprint density at radius 3 is 1.51 bits per heavy atom. The van der Waals surface area contributed by atoms with Crippen LogP contribution in [-0.2, 0) is 62.3 Å². The molecule has 13 atom stereocenters. The molecule has 0 bridgehead atoms. The van der Waals surface area contributed by atoms with Crippen molar-refractivity contribution in [3.63, 3.8) is 0 Å². The highest BCUT2D eigenvalue weighted by molar-refractivity contribution is 6.00. The number of hydrogen-bond acceptors (Lipinski definition) is 15. The number of rotatable bonds is 18. The van der Waals surface area contributed by atoms with Gasteiger partial charge in [0.1, 0.15) is 66.5 Å². The summed E-state index contributed by atoms with van der Waals surface area (Å²) in [5, 5.41) is 33.1. The molecule has 0 aromatic heterocycles. The lowest BCUT2D eigenvalue weighted by Crippen LogP contribution is -2.63. The first-order chi connectivity index (χ1) is 47.9. The molecule has 5 fully saturated rings. The summed E-state index contributed by atoms with van der Waals surface area (Å²) in [4.78, 5) is 193. The Hall–Kier alpha value is -6.48. The molecule has 1 saturated carbocycles. The van der Waals surface area contributed by atoms with Crippen LogP contribution in [-0.4, -0.2) is 274 Å². The predicted molar refractivity (Wildman–Crippen MR) is 387 cm³/mol. The van der Waals surface area contributed by atoms with Gasteiger partial charge in [0.2, 0.25) is 70.9 Å². The second kappa shape index (κ2) is 40.1. The van der Waals surface area contributed by atoms with Gasteiger partial charge in [-0.25, -0.2) is 0 Å². The number of piperidine rings is 2. The van der Waals surface area contributed by atoms with Crippen molar-refractivity contribution in [1.29, 1.82) is 0 Å². The largest absolute Gasteiger partial charge is 0.394 e. The smallest absolute Gasteiger partial charge is 0.248 e. The van der Waals surface area contributed by atoms with Crippen molar-refractivity contribution in [2.45, 2.75) is 291 Å². The van der Waals surface area contributed by atoms with E-state index in [1.54, 1.807) is 18.7 Å². The molecule has 4 heterocycles. The molecule has 6 N–H and O–H groups in total. The van der Waals surface area contributed by atoms with E-state index in [2.05, 4.69) is 21.3 Å². The van der Waals surface area contributed by atoms with E-state index in [4.69, 9.17) is 4.74 Å². The van der Waals surface area contributed by atoms with Crippen molar-refractivity contribution >= 4 is 70.9 Å². The number of aliphatic hydroxyl groups is 2. The van der Waals surface area contributed by atoms with Gasteiger partial charge in [0.15, 0.2) is 0 Å². The van der Waals surface area contributed by atoms with E-state index >= 15 is 52.7 Å². The second-order valence-electron chi connectivity index (χ2n) is 32.4. The number of carbonyl (C=O) groups excluding carboxylic acids is 12. The van der Waals surface area contributed by atoms with Crippen molar-refractivity contribution < 1.29 is 72.5 Å². The molecule has 27 heteroatoms. The molecule has 1 aliphatic carbocycles. The number of nitrogens with one attached hydrogen (secondary N) is 4. The number of carbonyl (C=O) groups is 12. The van der Waals surface area contributed by atoms with Crippen molar-refractivity contribution in [3.05, 3.63) is 0 Å². The lowest BCUT2D eigenvalue weighted by molar-refractivity contribution is -0.155. The van der Waals surface area contributed by atoms with Crippen LogP contribution in [0.15, 0.2) is 0 Å². The normalized spacial score (nSPS) is 28.7. The van der Waals surface area contributed by atoms with Crippen LogP contribution in [0.2, 0.25) is 0 Å². The fraction of sp³-hybridized carbons (Fsp3) is 0.840. The average Bonchev–Trinajstić information content (AvgIpc) is 1.48. The minimum absolute atomic E-state index is 0.0390. The Bertz CT molecular complexity index is 2840. The van der Waals surface area contributed by atoms with Crippen LogP contribution in [0.4, 0.5) is 0 Å². The van der Waals surface area contributed by atoms with E-state index in [0.29, 0.717) is 38.8 Å². The Balaban J connectivity index is 1.71. The fourth-order valence-corrected chi connectivity index (χ4v) is 15.6. The van der Waals surface area contributed by atoms with Crippen LogP contribution >= 0.6 is 0 Å². The van der Waals surface area contributed by atoms with E-state index < -0.39 is 162 Å². The summed E-state index contributed by atoms with van der Waals surface area (Å²) < 4.78 is 6.02. The summed E-state index contributed by atoms with van der Waals surface area (Å²) in [5.41, 5.74) is 0. The highest BCUT2D eigenvalue weighted by Crippen LogP contribution is 2.32. The van der Waals surface area contributed by atoms with Gasteiger partial charge < -0.3 is 75.4 Å². The minimum atomic E-state index is -1.67. The van der Waals surface area contributed by atoms with Crippen LogP contribution in [0, 0.1) is 41.4 Å². The lowest BCUT2D eigenvalue weighted by atomic mass is 9.84. The molecule has 580 valence electrons. The quantitative estimate of drug-likeness (QED) is 0.113. The van der Waals surface area contributed by atoms with E-state index in [-0.39, 0.29) is 113 Å². The first-order valence-corrected chi connectivity index (χ1v) is 38.3. The standard InChI is InChI=1S/C75H130N12O15/c1-44(2)35-53-65(91)77-55(69(95)85-30-24-20-25-31-85)42-62(90)80(14)58(37-46(5)6)71(97)82(16)60(39-48(9)10)74(100)87-43-52(102-34-33-88)41-61(87)73(99)81(15)57(36-45(3)4)67(93)79-63(50(13)89)75(101)83(17)59(38-47(7)8)72(98)84(18)64(49(11)12)68(94)78-54(40-51-27-21-19-22-28-51)70(96)86-32-26-23-29-56(86)66(92)76-53/h44-61,63-64,88-89H,19-43H2,1-18H3,(H,76,92)(H,77,91)(H,78,94)(H,79,93)/t50-,52-,53+,54+,55+,56+,57+,58-,59+,60+,61+,63+,64+/m1/s1. The summed E-state index contributed by atoms with van der Waals surface area (Å²) in [5.74, 6) is -9.46. The highest BCUT2D eigenvalue weighted by Gasteiger charge is 2.49. The van der Waals surface area contributed by atoms with Gasteiger partial charge in [-0.1, -0.05) is 115 Å². The summed E-state index contributed by atoms with van der Waals surface area (Å²) in [7, 11) is 7.18. The molecule has 0 aromatic carbocycles. The molecule has 5 rings (SSSR count). The number of fused-ring (bicyclic) bond motifs is 2. The maximum absolute atomic E-state index is 15.6. The number of hydrogen-bond donors (Lipinski definition) is 6. The van der Waals surface area contributed by atoms with Crippen molar-refractivity contribution in [3.8, 4) is 0 Å². The third-order valence-electron chi connectivity index (χ3n) is 21.2. The van der Waals surface area contributed by atoms with E-state index in [9.17, 15) is 15.0 Å². The minimum Gasteiger partial charge on any atom is -0.394 e. The van der Waals surface area contributed by atoms with Gasteiger partial charge in [-0.05, 0) is 125 Å². The Labute approximate surface area is 608 Å². The fourth-order valence-electron chi connectivity index (χ4n) is 15.6. The molecule has 4 saturated heterocycles. The molecular formula is C75H130N12O15. The number of nitrogens with zero attached hydrogens (tertiary/aromatic N) is 8. The number of aliphatic hydroxyl groups excluding tert-OH is 2. The monoisotopic (exact) mass is 1440 g/mol. The van der Waals surface area contributed by atoms with Crippen LogP contribution in [0.3, 0.4) is 0 Å². The molecule has 27 nitrogen and oxygen atoms in total. The first kappa shape index (κ1) is 86.2. The zero-order valence-corrected chi connectivity index (χ0v) is 65.0. The summed E-state index contributed by atoms with van der Waals surface area (Å²) >= 11 is 0. The average molecular weight is 1440 g/mol. The van der Waals surface area contributed by atoms with Gasteiger partial charge >= 0.3 is 0 Å². The molecule has 0 aromatic rings. The lowest BCUT2D eigenvalue weighted by Gasteiger charge is -2.40. The zero-order valence-electron chi connectivity index (χ0n) is 65.0. The van der Waals surface area contributed by atoms with Gasteiger partial charge in [-0.15, -0.1) is 0 Å². The van der Waals surface area contributed by atoms with Crippen LogP contribution in [0.5, 0.6) is 0 Å². The van der Waals surface area contributed by atoms with E-state index in [0.717, 1.165) is 43.4 Å². The number of amides is 12. The number of likely N-dealkylation sites (tertiary alicyclic amines) is 1. The van der Waals surface area contributed by atoms with Crippen LogP contribution < -0.4 is 21.3 Å². The maximum Gasteiger partial charge on any atom is 0.248 e. The predicted octanol–water partition coefficient (Wildman–Crippen LogP) is 4.07. The highest BCUT2D eigenvalue weighted by atomic mass is 16.5. The molecule has 0 spiro atoms. The summed E-state index contributed by atoms with van der Waals surface area (Å²) in [6, 6.07) is -14.1. The van der Waals surface area contributed by atoms with Crippen molar-refractivity contribution in [2.75, 3.05) is 74.6 Å². The third-order valence-corrected chi connectivity index (χ3v) is 21.2. The second-order valence-corrected chi connectivity index (χ2v) is 32.4. The molecular weight excluding hydrogens is 1310 g/mol.